The molecule has 0 bridgehead atoms. The molecule has 0 unspecified atom stereocenters. The quantitative estimate of drug-likeness (QED) is 0.802. The first-order chi connectivity index (χ1) is 8.38. The molecular formula is C12H16F2N2O2. The van der Waals surface area contributed by atoms with E-state index >= 15 is 0 Å². The molecule has 0 saturated heterocycles. The van der Waals surface area contributed by atoms with Gasteiger partial charge in [0.2, 0.25) is 0 Å². The monoisotopic (exact) mass is 258 g/mol. The lowest BCUT2D eigenvalue weighted by Gasteiger charge is -2.26. The highest BCUT2D eigenvalue weighted by Crippen LogP contribution is 2.19. The van der Waals surface area contributed by atoms with E-state index in [-0.39, 0.29) is 30.4 Å². The number of amides is 1. The summed E-state index contributed by atoms with van der Waals surface area (Å²) in [6.07, 6.45) is 0. The first kappa shape index (κ1) is 14.4. The van der Waals surface area contributed by atoms with E-state index in [1.165, 1.54) is 4.90 Å². The molecule has 0 aliphatic rings. The normalized spacial score (nSPS) is 10.8. The lowest BCUT2D eigenvalue weighted by molar-refractivity contribution is 0.0666. The van der Waals surface area contributed by atoms with Gasteiger partial charge in [0, 0.05) is 24.3 Å². The zero-order chi connectivity index (χ0) is 13.9. The molecule has 0 fully saturated rings. The first-order valence-corrected chi connectivity index (χ1v) is 5.54. The predicted octanol–water partition coefficient (Wildman–Crippen LogP) is 1.39. The number of anilines is 1. The summed E-state index contributed by atoms with van der Waals surface area (Å²) < 4.78 is 26.0. The number of nitrogen functional groups attached to an aromatic ring is 1. The van der Waals surface area contributed by atoms with Crippen LogP contribution in [0.2, 0.25) is 0 Å². The zero-order valence-corrected chi connectivity index (χ0v) is 10.3. The van der Waals surface area contributed by atoms with Crippen LogP contribution in [0, 0.1) is 11.6 Å². The number of halogens is 2. The van der Waals surface area contributed by atoms with Crippen LogP contribution in [-0.4, -0.2) is 35.1 Å². The van der Waals surface area contributed by atoms with Crippen LogP contribution in [0.15, 0.2) is 12.1 Å². The largest absolute Gasteiger partial charge is 0.398 e. The molecule has 0 aliphatic heterocycles. The molecule has 1 aromatic carbocycles. The molecule has 4 nitrogen and oxygen atoms in total. The van der Waals surface area contributed by atoms with Gasteiger partial charge in [0.1, 0.15) is 0 Å². The second-order valence-electron chi connectivity index (χ2n) is 4.17. The van der Waals surface area contributed by atoms with Crippen molar-refractivity contribution in [1.29, 1.82) is 0 Å². The van der Waals surface area contributed by atoms with Gasteiger partial charge in [-0.25, -0.2) is 8.78 Å². The van der Waals surface area contributed by atoms with Gasteiger partial charge in [-0.1, -0.05) is 0 Å². The van der Waals surface area contributed by atoms with Crippen LogP contribution in [0.4, 0.5) is 14.5 Å². The third-order valence-electron chi connectivity index (χ3n) is 2.55. The summed E-state index contributed by atoms with van der Waals surface area (Å²) in [5.41, 5.74) is 5.29. The van der Waals surface area contributed by atoms with Crippen LogP contribution in [0.5, 0.6) is 0 Å². The standard InChI is InChI=1S/C12H16F2N2O2/c1-7(2)16(3-4-17)12(18)8-5-9(13)10(14)6-11(8)15/h5-7,17H,3-4,15H2,1-2H3. The Balaban J connectivity index is 3.12. The predicted molar refractivity (Wildman–Crippen MR) is 64.0 cm³/mol. The van der Waals surface area contributed by atoms with Crippen LogP contribution in [-0.2, 0) is 0 Å². The second-order valence-corrected chi connectivity index (χ2v) is 4.17. The van der Waals surface area contributed by atoms with E-state index in [1.54, 1.807) is 13.8 Å². The Kier molecular flexibility index (Phi) is 4.61. The molecule has 18 heavy (non-hydrogen) atoms. The SMILES string of the molecule is CC(C)N(CCO)C(=O)c1cc(F)c(F)cc1N. The Morgan fingerprint density at radius 3 is 2.44 bits per heavy atom. The van der Waals surface area contributed by atoms with Gasteiger partial charge >= 0.3 is 0 Å². The van der Waals surface area contributed by atoms with Crippen molar-refractivity contribution in [2.45, 2.75) is 19.9 Å². The summed E-state index contributed by atoms with van der Waals surface area (Å²) in [5, 5.41) is 8.89. The van der Waals surface area contributed by atoms with Crippen LogP contribution in [0.3, 0.4) is 0 Å². The maximum absolute atomic E-state index is 13.1. The molecule has 0 atom stereocenters. The molecule has 0 aromatic heterocycles. The van der Waals surface area contributed by atoms with E-state index in [1.807, 2.05) is 0 Å². The summed E-state index contributed by atoms with van der Waals surface area (Å²) in [5.74, 6) is -2.75. The molecule has 1 rings (SSSR count). The summed E-state index contributed by atoms with van der Waals surface area (Å²) in [4.78, 5) is 13.4. The minimum Gasteiger partial charge on any atom is -0.398 e. The van der Waals surface area contributed by atoms with Gasteiger partial charge in [-0.3, -0.25) is 4.79 Å². The van der Waals surface area contributed by atoms with Gasteiger partial charge in [0.15, 0.2) is 11.6 Å². The number of aliphatic hydroxyl groups is 1. The van der Waals surface area contributed by atoms with E-state index in [0.29, 0.717) is 0 Å². The maximum Gasteiger partial charge on any atom is 0.256 e. The number of aliphatic hydroxyl groups excluding tert-OH is 1. The van der Waals surface area contributed by atoms with Crippen molar-refractivity contribution in [2.75, 3.05) is 18.9 Å². The van der Waals surface area contributed by atoms with Gasteiger partial charge in [0.25, 0.3) is 5.91 Å². The van der Waals surface area contributed by atoms with Crippen LogP contribution in [0.25, 0.3) is 0 Å². The molecule has 0 spiro atoms. The summed E-state index contributed by atoms with van der Waals surface area (Å²) in [6, 6.07) is 1.37. The first-order valence-electron chi connectivity index (χ1n) is 5.54. The molecule has 1 aromatic rings. The maximum atomic E-state index is 13.1. The molecular weight excluding hydrogens is 242 g/mol. The van der Waals surface area contributed by atoms with Gasteiger partial charge in [-0.2, -0.15) is 0 Å². The van der Waals surface area contributed by atoms with Gasteiger partial charge < -0.3 is 15.7 Å². The molecule has 0 radical (unpaired) electrons. The van der Waals surface area contributed by atoms with E-state index in [9.17, 15) is 13.6 Å². The lowest BCUT2D eigenvalue weighted by atomic mass is 10.1. The highest BCUT2D eigenvalue weighted by Gasteiger charge is 2.22. The number of carbonyl (C=O) groups excluding carboxylic acids is 1. The Morgan fingerprint density at radius 1 is 1.39 bits per heavy atom. The molecule has 0 aliphatic carbocycles. The Hall–Kier alpha value is -1.69. The van der Waals surface area contributed by atoms with E-state index < -0.39 is 17.5 Å². The van der Waals surface area contributed by atoms with Crippen molar-refractivity contribution >= 4 is 11.6 Å². The topological polar surface area (TPSA) is 66.6 Å². The van der Waals surface area contributed by atoms with Gasteiger partial charge in [-0.05, 0) is 19.9 Å². The minimum absolute atomic E-state index is 0.101. The zero-order valence-electron chi connectivity index (χ0n) is 10.3. The van der Waals surface area contributed by atoms with Crippen molar-refractivity contribution in [1.82, 2.24) is 4.90 Å². The minimum atomic E-state index is -1.12. The van der Waals surface area contributed by atoms with E-state index in [0.717, 1.165) is 12.1 Å². The van der Waals surface area contributed by atoms with Crippen molar-refractivity contribution in [3.63, 3.8) is 0 Å². The van der Waals surface area contributed by atoms with Crippen molar-refractivity contribution in [3.05, 3.63) is 29.3 Å². The molecule has 100 valence electrons. The van der Waals surface area contributed by atoms with Crippen molar-refractivity contribution in [3.8, 4) is 0 Å². The Labute approximate surface area is 104 Å². The lowest BCUT2D eigenvalue weighted by Crippen LogP contribution is -2.39. The number of nitrogens with two attached hydrogens (primary N) is 1. The number of benzene rings is 1. The summed E-state index contributed by atoms with van der Waals surface area (Å²) >= 11 is 0. The Morgan fingerprint density at radius 2 is 1.94 bits per heavy atom. The van der Waals surface area contributed by atoms with Gasteiger partial charge in [-0.15, -0.1) is 0 Å². The number of carbonyl (C=O) groups is 1. The molecule has 0 saturated carbocycles. The fourth-order valence-electron chi connectivity index (χ4n) is 1.60. The molecule has 6 heteroatoms. The van der Waals surface area contributed by atoms with Crippen molar-refractivity contribution < 1.29 is 18.7 Å². The molecule has 1 amide bonds. The fraction of sp³-hybridized carbons (Fsp3) is 0.417. The van der Waals surface area contributed by atoms with Crippen LogP contribution >= 0.6 is 0 Å². The highest BCUT2D eigenvalue weighted by molar-refractivity contribution is 5.99. The van der Waals surface area contributed by atoms with E-state index in [2.05, 4.69) is 0 Å². The average Bonchev–Trinajstić information content (AvgIpc) is 2.29. The van der Waals surface area contributed by atoms with Crippen LogP contribution in [0.1, 0.15) is 24.2 Å². The summed E-state index contributed by atoms with van der Waals surface area (Å²) in [6.45, 7) is 3.40. The molecule has 3 N–H and O–H groups in total. The van der Waals surface area contributed by atoms with Crippen molar-refractivity contribution in [2.24, 2.45) is 0 Å². The van der Waals surface area contributed by atoms with E-state index in [4.69, 9.17) is 10.8 Å². The highest BCUT2D eigenvalue weighted by atomic mass is 19.2. The summed E-state index contributed by atoms with van der Waals surface area (Å²) in [7, 11) is 0. The van der Waals surface area contributed by atoms with Crippen LogP contribution < -0.4 is 5.73 Å². The number of rotatable bonds is 4. The average molecular weight is 258 g/mol. The number of hydrogen-bond donors (Lipinski definition) is 2. The Bertz CT molecular complexity index is 450. The second kappa shape index (κ2) is 5.77. The molecule has 0 heterocycles. The third kappa shape index (κ3) is 2.95. The fourth-order valence-corrected chi connectivity index (χ4v) is 1.60. The van der Waals surface area contributed by atoms with Gasteiger partial charge in [0.05, 0.1) is 12.2 Å². The number of hydrogen-bond acceptors (Lipinski definition) is 3. The smallest absolute Gasteiger partial charge is 0.256 e. The third-order valence-corrected chi connectivity index (χ3v) is 2.55. The number of nitrogens with zero attached hydrogens (tertiary/aromatic N) is 1.